The molecule has 0 fully saturated rings. The number of fused-ring (bicyclic) bond motifs is 1. The summed E-state index contributed by atoms with van der Waals surface area (Å²) in [5.74, 6) is 0.698. The lowest BCUT2D eigenvalue weighted by atomic mass is 10.4. The summed E-state index contributed by atoms with van der Waals surface area (Å²) in [6, 6.07) is 0. The van der Waals surface area contributed by atoms with Gasteiger partial charge < -0.3 is 9.72 Å². The van der Waals surface area contributed by atoms with E-state index in [1.54, 1.807) is 25.8 Å². The third-order valence-electron chi connectivity index (χ3n) is 1.52. The average Bonchev–Trinajstić information content (AvgIpc) is 2.50. The van der Waals surface area contributed by atoms with Crippen molar-refractivity contribution in [3.63, 3.8) is 0 Å². The normalized spacial score (nSPS) is 10.3. The molecular weight excluding hydrogens is 142 g/mol. The van der Waals surface area contributed by atoms with Crippen molar-refractivity contribution in [3.05, 3.63) is 18.7 Å². The number of H-pyrrole nitrogens is 1. The summed E-state index contributed by atoms with van der Waals surface area (Å²) in [5, 5.41) is 0. The summed E-state index contributed by atoms with van der Waals surface area (Å²) >= 11 is 0. The van der Waals surface area contributed by atoms with Gasteiger partial charge in [0, 0.05) is 0 Å². The van der Waals surface area contributed by atoms with E-state index in [0.717, 1.165) is 11.0 Å². The van der Waals surface area contributed by atoms with Crippen LogP contribution in [-0.2, 0) is 0 Å². The predicted octanol–water partition coefficient (Wildman–Crippen LogP) is 0.966. The van der Waals surface area contributed by atoms with Crippen molar-refractivity contribution >= 4 is 11.0 Å². The van der Waals surface area contributed by atoms with E-state index in [-0.39, 0.29) is 0 Å². The molecule has 2 aromatic rings. The van der Waals surface area contributed by atoms with Crippen LogP contribution in [-0.4, -0.2) is 22.1 Å². The van der Waals surface area contributed by atoms with Gasteiger partial charge in [0.25, 0.3) is 0 Å². The van der Waals surface area contributed by atoms with Gasteiger partial charge in [-0.2, -0.15) is 0 Å². The van der Waals surface area contributed by atoms with Crippen LogP contribution in [0.3, 0.4) is 0 Å². The number of hydrogen-bond acceptors (Lipinski definition) is 3. The summed E-state index contributed by atoms with van der Waals surface area (Å²) < 4.78 is 5.04. The highest BCUT2D eigenvalue weighted by molar-refractivity contribution is 5.79. The van der Waals surface area contributed by atoms with Gasteiger partial charge in [0.2, 0.25) is 0 Å². The highest BCUT2D eigenvalue weighted by Gasteiger charge is 2.01. The minimum atomic E-state index is 0.698. The molecule has 56 valence electrons. The Kier molecular flexibility index (Phi) is 1.25. The van der Waals surface area contributed by atoms with Gasteiger partial charge in [-0.05, 0) is 0 Å². The van der Waals surface area contributed by atoms with E-state index in [1.807, 2.05) is 0 Å². The minimum absolute atomic E-state index is 0.698. The van der Waals surface area contributed by atoms with Gasteiger partial charge in [-0.1, -0.05) is 0 Å². The molecule has 2 rings (SSSR count). The van der Waals surface area contributed by atoms with Crippen LogP contribution >= 0.6 is 0 Å². The van der Waals surface area contributed by atoms with Crippen molar-refractivity contribution in [2.75, 3.05) is 7.11 Å². The first-order chi connectivity index (χ1) is 5.42. The van der Waals surface area contributed by atoms with Crippen LogP contribution in [0.4, 0.5) is 0 Å². The molecule has 0 unspecified atom stereocenters. The number of methoxy groups -OCH3 is 1. The molecule has 0 atom stereocenters. The van der Waals surface area contributed by atoms with E-state index in [1.165, 1.54) is 0 Å². The lowest BCUT2D eigenvalue weighted by molar-refractivity contribution is 0.417. The summed E-state index contributed by atoms with van der Waals surface area (Å²) in [4.78, 5) is 11.0. The van der Waals surface area contributed by atoms with E-state index >= 15 is 0 Å². The van der Waals surface area contributed by atoms with Gasteiger partial charge in [-0.15, -0.1) is 0 Å². The fourth-order valence-corrected chi connectivity index (χ4v) is 0.989. The number of pyridine rings is 1. The van der Waals surface area contributed by atoms with Crippen LogP contribution in [0.25, 0.3) is 11.0 Å². The van der Waals surface area contributed by atoms with Crippen LogP contribution in [0.15, 0.2) is 18.7 Å². The molecule has 0 bridgehead atoms. The van der Waals surface area contributed by atoms with Crippen molar-refractivity contribution in [2.24, 2.45) is 0 Å². The van der Waals surface area contributed by atoms with Crippen molar-refractivity contribution in [1.82, 2.24) is 15.0 Å². The Labute approximate surface area is 63.2 Å². The first-order valence-corrected chi connectivity index (χ1v) is 3.23. The van der Waals surface area contributed by atoms with E-state index < -0.39 is 0 Å². The zero-order valence-electron chi connectivity index (χ0n) is 6.03. The van der Waals surface area contributed by atoms with Crippen LogP contribution in [0.1, 0.15) is 0 Å². The lowest BCUT2D eigenvalue weighted by Crippen LogP contribution is -1.85. The number of aromatic nitrogens is 3. The van der Waals surface area contributed by atoms with Crippen molar-refractivity contribution in [3.8, 4) is 5.75 Å². The topological polar surface area (TPSA) is 50.8 Å². The fraction of sp³-hybridized carbons (Fsp3) is 0.143. The Morgan fingerprint density at radius 1 is 1.45 bits per heavy atom. The van der Waals surface area contributed by atoms with Gasteiger partial charge in [-0.3, -0.25) is 4.98 Å². The SMILES string of the molecule is COc1cncc2[nH]cnc12. The summed E-state index contributed by atoms with van der Waals surface area (Å²) in [5.41, 5.74) is 1.71. The Bertz CT molecular complexity index is 368. The smallest absolute Gasteiger partial charge is 0.164 e. The largest absolute Gasteiger partial charge is 0.493 e. The zero-order valence-corrected chi connectivity index (χ0v) is 6.03. The number of nitrogens with zero attached hydrogens (tertiary/aromatic N) is 2. The maximum atomic E-state index is 5.04. The Hall–Kier alpha value is -1.58. The molecule has 4 heteroatoms. The maximum absolute atomic E-state index is 5.04. The van der Waals surface area contributed by atoms with Gasteiger partial charge >= 0.3 is 0 Å². The molecule has 2 aromatic heterocycles. The number of ether oxygens (including phenoxy) is 1. The molecule has 1 N–H and O–H groups in total. The van der Waals surface area contributed by atoms with Crippen LogP contribution in [0, 0.1) is 0 Å². The predicted molar refractivity (Wildman–Crippen MR) is 40.4 cm³/mol. The molecule has 0 aliphatic rings. The van der Waals surface area contributed by atoms with Crippen molar-refractivity contribution < 1.29 is 4.74 Å². The van der Waals surface area contributed by atoms with Gasteiger partial charge in [-0.25, -0.2) is 4.98 Å². The molecule has 4 nitrogen and oxygen atoms in total. The highest BCUT2D eigenvalue weighted by Crippen LogP contribution is 2.19. The fourth-order valence-electron chi connectivity index (χ4n) is 0.989. The second-order valence-corrected chi connectivity index (χ2v) is 2.14. The molecule has 0 aliphatic carbocycles. The number of nitrogens with one attached hydrogen (secondary N) is 1. The molecule has 0 saturated heterocycles. The van der Waals surface area contributed by atoms with Gasteiger partial charge in [0.1, 0.15) is 5.52 Å². The zero-order chi connectivity index (χ0) is 7.68. The first-order valence-electron chi connectivity index (χ1n) is 3.23. The molecule has 0 aromatic carbocycles. The second-order valence-electron chi connectivity index (χ2n) is 2.14. The van der Waals surface area contributed by atoms with E-state index in [4.69, 9.17) is 4.74 Å². The summed E-state index contributed by atoms with van der Waals surface area (Å²) in [7, 11) is 1.60. The van der Waals surface area contributed by atoms with Crippen LogP contribution in [0.2, 0.25) is 0 Å². The second kappa shape index (κ2) is 2.23. The molecule has 0 aliphatic heterocycles. The minimum Gasteiger partial charge on any atom is -0.493 e. The van der Waals surface area contributed by atoms with Gasteiger partial charge in [0.05, 0.1) is 31.3 Å². The highest BCUT2D eigenvalue weighted by atomic mass is 16.5. The number of rotatable bonds is 1. The van der Waals surface area contributed by atoms with Crippen LogP contribution < -0.4 is 4.74 Å². The Morgan fingerprint density at radius 2 is 2.36 bits per heavy atom. The number of hydrogen-bond donors (Lipinski definition) is 1. The molecule has 2 heterocycles. The monoisotopic (exact) mass is 149 g/mol. The molecule has 0 amide bonds. The first kappa shape index (κ1) is 6.15. The molecule has 11 heavy (non-hydrogen) atoms. The van der Waals surface area contributed by atoms with Gasteiger partial charge in [0.15, 0.2) is 5.75 Å². The number of aromatic amines is 1. The molecule has 0 radical (unpaired) electrons. The third-order valence-corrected chi connectivity index (χ3v) is 1.52. The summed E-state index contributed by atoms with van der Waals surface area (Å²) in [6.07, 6.45) is 4.98. The summed E-state index contributed by atoms with van der Waals surface area (Å²) in [6.45, 7) is 0. The average molecular weight is 149 g/mol. The standard InChI is InChI=1S/C7H7N3O/c1-11-6-3-8-2-5-7(6)10-4-9-5/h2-4H,1H3,(H,9,10). The van der Waals surface area contributed by atoms with Crippen molar-refractivity contribution in [2.45, 2.75) is 0 Å². The van der Waals surface area contributed by atoms with E-state index in [2.05, 4.69) is 15.0 Å². The molecular formula is C7H7N3O. The number of imidazole rings is 1. The Morgan fingerprint density at radius 3 is 3.18 bits per heavy atom. The third kappa shape index (κ3) is 0.832. The maximum Gasteiger partial charge on any atom is 0.164 e. The Balaban J connectivity index is 2.79. The lowest BCUT2D eigenvalue weighted by Gasteiger charge is -1.97. The van der Waals surface area contributed by atoms with Crippen LogP contribution in [0.5, 0.6) is 5.75 Å². The molecule has 0 spiro atoms. The van der Waals surface area contributed by atoms with Crippen molar-refractivity contribution in [1.29, 1.82) is 0 Å². The van der Waals surface area contributed by atoms with E-state index in [9.17, 15) is 0 Å². The molecule has 0 saturated carbocycles. The van der Waals surface area contributed by atoms with E-state index in [0.29, 0.717) is 5.75 Å². The quantitative estimate of drug-likeness (QED) is 0.657.